The zero-order chi connectivity index (χ0) is 22.2. The van der Waals surface area contributed by atoms with Crippen molar-refractivity contribution in [1.29, 1.82) is 0 Å². The molecular weight excluding hydrogens is 444 g/mol. The first kappa shape index (κ1) is 20.9. The molecule has 6 nitrogen and oxygen atoms in total. The molecule has 2 aliphatic rings. The van der Waals surface area contributed by atoms with Crippen molar-refractivity contribution in [1.82, 2.24) is 4.90 Å². The molecule has 3 aromatic rings. The molecule has 0 saturated heterocycles. The summed E-state index contributed by atoms with van der Waals surface area (Å²) in [4.78, 5) is 29.5. The van der Waals surface area contributed by atoms with Crippen molar-refractivity contribution < 1.29 is 19.1 Å². The second-order valence-electron chi connectivity index (χ2n) is 7.62. The SMILES string of the molecule is COc1cc2c(cc1OC)[C@@H](c1cccs1)N(C(=O)c1ccc3c(c1)NC(=O)CS3)CC2. The molecule has 8 heteroatoms. The number of thiophene rings is 1. The van der Waals surface area contributed by atoms with Crippen LogP contribution in [0.15, 0.2) is 52.7 Å². The first-order chi connectivity index (χ1) is 15.6. The van der Waals surface area contributed by atoms with Crippen LogP contribution in [0.1, 0.15) is 32.4 Å². The first-order valence-electron chi connectivity index (χ1n) is 10.2. The maximum atomic E-state index is 13.7. The van der Waals surface area contributed by atoms with Crippen LogP contribution >= 0.6 is 23.1 Å². The van der Waals surface area contributed by atoms with E-state index in [2.05, 4.69) is 11.4 Å². The second-order valence-corrected chi connectivity index (χ2v) is 9.62. The summed E-state index contributed by atoms with van der Waals surface area (Å²) >= 11 is 3.12. The number of hydrogen-bond acceptors (Lipinski definition) is 6. The molecule has 0 unspecified atom stereocenters. The van der Waals surface area contributed by atoms with Crippen LogP contribution < -0.4 is 14.8 Å². The summed E-state index contributed by atoms with van der Waals surface area (Å²) in [6, 6.07) is 13.4. The van der Waals surface area contributed by atoms with E-state index in [0.29, 0.717) is 35.0 Å². The number of carbonyl (C=O) groups is 2. The van der Waals surface area contributed by atoms with Gasteiger partial charge in [-0.3, -0.25) is 9.59 Å². The zero-order valence-electron chi connectivity index (χ0n) is 17.7. The van der Waals surface area contributed by atoms with Crippen molar-refractivity contribution in [3.8, 4) is 11.5 Å². The average Bonchev–Trinajstić information content (AvgIpc) is 3.35. The molecule has 0 bridgehead atoms. The normalized spacial score (nSPS) is 17.2. The van der Waals surface area contributed by atoms with Gasteiger partial charge < -0.3 is 19.7 Å². The van der Waals surface area contributed by atoms with Crippen LogP contribution in [0, 0.1) is 0 Å². The van der Waals surface area contributed by atoms with E-state index in [1.165, 1.54) is 11.8 Å². The quantitative estimate of drug-likeness (QED) is 0.609. The van der Waals surface area contributed by atoms with Crippen molar-refractivity contribution in [2.75, 3.05) is 31.8 Å². The number of rotatable bonds is 4. The summed E-state index contributed by atoms with van der Waals surface area (Å²) in [6.07, 6.45) is 0.723. The number of thioether (sulfide) groups is 1. The summed E-state index contributed by atoms with van der Waals surface area (Å²) in [5.74, 6) is 1.64. The Morgan fingerprint density at radius 3 is 2.69 bits per heavy atom. The Kier molecular flexibility index (Phi) is 5.57. The summed E-state index contributed by atoms with van der Waals surface area (Å²) < 4.78 is 11.0. The van der Waals surface area contributed by atoms with E-state index in [0.717, 1.165) is 27.3 Å². The largest absolute Gasteiger partial charge is 0.493 e. The highest BCUT2D eigenvalue weighted by molar-refractivity contribution is 8.00. The van der Waals surface area contributed by atoms with Gasteiger partial charge in [-0.15, -0.1) is 23.1 Å². The topological polar surface area (TPSA) is 67.9 Å². The third kappa shape index (κ3) is 3.63. The molecule has 32 heavy (non-hydrogen) atoms. The number of nitrogens with one attached hydrogen (secondary N) is 1. The number of ether oxygens (including phenoxy) is 2. The predicted octanol–water partition coefficient (Wildman–Crippen LogP) is 4.60. The van der Waals surface area contributed by atoms with Crippen LogP contribution in [0.3, 0.4) is 0 Å². The molecule has 0 spiro atoms. The Bertz CT molecular complexity index is 1190. The molecule has 0 fully saturated rings. The number of carbonyl (C=O) groups excluding carboxylic acids is 2. The molecule has 0 saturated carbocycles. The number of anilines is 1. The molecule has 164 valence electrons. The van der Waals surface area contributed by atoms with Gasteiger partial charge in [0.05, 0.1) is 31.7 Å². The van der Waals surface area contributed by atoms with Crippen molar-refractivity contribution in [2.24, 2.45) is 0 Å². The predicted molar refractivity (Wildman–Crippen MR) is 126 cm³/mol. The van der Waals surface area contributed by atoms with Crippen molar-refractivity contribution in [3.63, 3.8) is 0 Å². The Morgan fingerprint density at radius 1 is 1.12 bits per heavy atom. The minimum Gasteiger partial charge on any atom is -0.493 e. The fourth-order valence-electron chi connectivity index (χ4n) is 4.30. The van der Waals surface area contributed by atoms with Crippen LogP contribution in [-0.4, -0.2) is 43.2 Å². The van der Waals surface area contributed by atoms with E-state index in [9.17, 15) is 9.59 Å². The van der Waals surface area contributed by atoms with E-state index in [1.807, 2.05) is 40.6 Å². The number of nitrogens with zero attached hydrogens (tertiary/aromatic N) is 1. The zero-order valence-corrected chi connectivity index (χ0v) is 19.3. The van der Waals surface area contributed by atoms with Crippen molar-refractivity contribution in [3.05, 3.63) is 69.4 Å². The third-order valence-corrected chi connectivity index (χ3v) is 7.80. The lowest BCUT2D eigenvalue weighted by Gasteiger charge is -2.37. The lowest BCUT2D eigenvalue weighted by atomic mass is 9.90. The number of hydrogen-bond donors (Lipinski definition) is 1. The minimum absolute atomic E-state index is 0.0449. The van der Waals surface area contributed by atoms with Crippen LogP contribution in [0.25, 0.3) is 0 Å². The summed E-state index contributed by atoms with van der Waals surface area (Å²) in [5.41, 5.74) is 3.47. The van der Waals surface area contributed by atoms with Gasteiger partial charge in [0.1, 0.15) is 0 Å². The van der Waals surface area contributed by atoms with Gasteiger partial charge in [0, 0.05) is 21.9 Å². The van der Waals surface area contributed by atoms with Gasteiger partial charge in [0.15, 0.2) is 11.5 Å². The maximum Gasteiger partial charge on any atom is 0.254 e. The molecule has 0 aliphatic carbocycles. The molecule has 0 radical (unpaired) electrons. The minimum atomic E-state index is -0.217. The van der Waals surface area contributed by atoms with Crippen LogP contribution in [0.2, 0.25) is 0 Å². The molecule has 2 aromatic carbocycles. The number of methoxy groups -OCH3 is 2. The third-order valence-electron chi connectivity index (χ3n) is 5.81. The Labute approximate surface area is 194 Å². The fraction of sp³-hybridized carbons (Fsp3) is 0.250. The van der Waals surface area contributed by atoms with Crippen LogP contribution in [0.4, 0.5) is 5.69 Å². The van der Waals surface area contributed by atoms with E-state index in [1.54, 1.807) is 31.6 Å². The van der Waals surface area contributed by atoms with Gasteiger partial charge in [-0.05, 0) is 59.3 Å². The standard InChI is InChI=1S/C24H22N2O4S2/c1-29-18-11-14-7-8-26(23(21-4-3-9-31-21)16(14)12-19(18)30-2)24(28)15-5-6-20-17(10-15)25-22(27)13-32-20/h3-6,9-12,23H,7-8,13H2,1-2H3,(H,25,27)/t23-/m0/s1. The molecule has 2 aliphatic heterocycles. The Morgan fingerprint density at radius 2 is 1.94 bits per heavy atom. The molecule has 5 rings (SSSR count). The average molecular weight is 467 g/mol. The summed E-state index contributed by atoms with van der Waals surface area (Å²) in [7, 11) is 3.25. The molecule has 2 amide bonds. The van der Waals surface area contributed by atoms with Crippen LogP contribution in [-0.2, 0) is 11.2 Å². The lowest BCUT2D eigenvalue weighted by molar-refractivity contribution is -0.113. The first-order valence-corrected chi connectivity index (χ1v) is 12.1. The van der Waals surface area contributed by atoms with Gasteiger partial charge in [-0.1, -0.05) is 6.07 Å². The van der Waals surface area contributed by atoms with Gasteiger partial charge >= 0.3 is 0 Å². The van der Waals surface area contributed by atoms with Gasteiger partial charge in [0.25, 0.3) is 5.91 Å². The van der Waals surface area contributed by atoms with Gasteiger partial charge in [-0.25, -0.2) is 0 Å². The number of amides is 2. The lowest BCUT2D eigenvalue weighted by Crippen LogP contribution is -2.40. The highest BCUT2D eigenvalue weighted by atomic mass is 32.2. The van der Waals surface area contributed by atoms with Gasteiger partial charge in [0.2, 0.25) is 5.91 Å². The number of fused-ring (bicyclic) bond motifs is 2. The van der Waals surface area contributed by atoms with Crippen LogP contribution in [0.5, 0.6) is 11.5 Å². The van der Waals surface area contributed by atoms with E-state index in [-0.39, 0.29) is 17.9 Å². The molecule has 3 heterocycles. The van der Waals surface area contributed by atoms with E-state index < -0.39 is 0 Å². The fourth-order valence-corrected chi connectivity index (χ4v) is 5.94. The summed E-state index contributed by atoms with van der Waals surface area (Å²) in [6.45, 7) is 0.585. The monoisotopic (exact) mass is 466 g/mol. The van der Waals surface area contributed by atoms with E-state index >= 15 is 0 Å². The summed E-state index contributed by atoms with van der Waals surface area (Å²) in [5, 5.41) is 4.91. The second kappa shape index (κ2) is 8.52. The molecule has 1 atom stereocenters. The van der Waals surface area contributed by atoms with Gasteiger partial charge in [-0.2, -0.15) is 0 Å². The number of benzene rings is 2. The van der Waals surface area contributed by atoms with Crippen molar-refractivity contribution >= 4 is 40.6 Å². The highest BCUT2D eigenvalue weighted by Gasteiger charge is 2.34. The Balaban J connectivity index is 1.56. The Hall–Kier alpha value is -2.97. The molecular formula is C24H22N2O4S2. The van der Waals surface area contributed by atoms with Crippen molar-refractivity contribution in [2.45, 2.75) is 17.4 Å². The van der Waals surface area contributed by atoms with E-state index in [4.69, 9.17) is 9.47 Å². The smallest absolute Gasteiger partial charge is 0.254 e. The molecule has 1 aromatic heterocycles. The maximum absolute atomic E-state index is 13.7. The molecule has 1 N–H and O–H groups in total. The highest BCUT2D eigenvalue weighted by Crippen LogP contribution is 2.43.